The molecule has 0 spiro atoms. The minimum absolute atomic E-state index is 0.0305. The second kappa shape index (κ2) is 18.9. The summed E-state index contributed by atoms with van der Waals surface area (Å²) in [6.45, 7) is -2.69. The number of esters is 4. The van der Waals surface area contributed by atoms with Crippen molar-refractivity contribution >= 4 is 23.9 Å². The van der Waals surface area contributed by atoms with E-state index in [9.17, 15) is 60.0 Å². The molecule has 0 aromatic heterocycles. The number of fused-ring (bicyclic) bond motifs is 2. The van der Waals surface area contributed by atoms with Gasteiger partial charge in [0.15, 0.2) is 12.6 Å². The Morgan fingerprint density at radius 2 is 1.00 bits per heavy atom. The highest BCUT2D eigenvalue weighted by Crippen LogP contribution is 2.39. The normalized spacial score (nSPS) is 38.2. The van der Waals surface area contributed by atoms with Crippen LogP contribution in [-0.4, -0.2) is 179 Å². The lowest BCUT2D eigenvalue weighted by atomic mass is 9.85. The lowest BCUT2D eigenvalue weighted by Crippen LogP contribution is -2.60. The van der Waals surface area contributed by atoms with Crippen molar-refractivity contribution in [3.05, 3.63) is 47.0 Å². The zero-order chi connectivity index (χ0) is 40.8. The second-order valence-corrected chi connectivity index (χ2v) is 13.0. The van der Waals surface area contributed by atoms with Gasteiger partial charge in [0, 0.05) is 23.0 Å². The van der Waals surface area contributed by atoms with Gasteiger partial charge in [0.1, 0.15) is 62.0 Å². The maximum atomic E-state index is 13.4. The molecule has 5 heterocycles. The van der Waals surface area contributed by atoms with Gasteiger partial charge in [0.25, 0.3) is 0 Å². The Kier molecular flexibility index (Phi) is 14.6. The van der Waals surface area contributed by atoms with Gasteiger partial charge in [-0.2, -0.15) is 0 Å². The zero-order valence-corrected chi connectivity index (χ0v) is 29.9. The predicted molar refractivity (Wildman–Crippen MR) is 174 cm³/mol. The van der Waals surface area contributed by atoms with E-state index in [2.05, 4.69) is 0 Å². The first kappa shape index (κ1) is 43.1. The van der Waals surface area contributed by atoms with E-state index >= 15 is 0 Å². The number of rotatable bonds is 8. The predicted octanol–water partition coefficient (Wildman–Crippen LogP) is -4.59. The topological polar surface area (TPSA) is 322 Å². The maximum absolute atomic E-state index is 13.4. The molecule has 5 aliphatic heterocycles. The van der Waals surface area contributed by atoms with E-state index in [0.717, 1.165) is 26.7 Å². The number of hydrogen-bond donors (Lipinski definition) is 8. The van der Waals surface area contributed by atoms with Crippen molar-refractivity contribution in [3.63, 3.8) is 0 Å². The van der Waals surface area contributed by atoms with Crippen molar-refractivity contribution in [3.8, 4) is 0 Å². The van der Waals surface area contributed by atoms with Gasteiger partial charge in [0.2, 0.25) is 12.6 Å². The van der Waals surface area contributed by atoms with Gasteiger partial charge >= 0.3 is 23.9 Å². The van der Waals surface area contributed by atoms with Gasteiger partial charge in [-0.15, -0.1) is 0 Å². The fraction of sp³-hybridized carbons (Fsp3) is 0.647. The highest BCUT2D eigenvalue weighted by atomic mass is 16.8. The van der Waals surface area contributed by atoms with Gasteiger partial charge in [-0.3, -0.25) is 9.59 Å². The number of aliphatic hydroxyl groups excluding tert-OH is 8. The summed E-state index contributed by atoms with van der Waals surface area (Å²) in [7, 11) is 2.14. The van der Waals surface area contributed by atoms with Gasteiger partial charge in [-0.05, 0) is 12.2 Å². The summed E-state index contributed by atoms with van der Waals surface area (Å²) in [5.74, 6) is -6.21. The molecule has 312 valence electrons. The number of carbonyl (C=O) groups excluding carboxylic acids is 4. The molecule has 22 nitrogen and oxygen atoms in total. The zero-order valence-electron chi connectivity index (χ0n) is 29.9. The molecule has 5 aliphatic rings. The number of aliphatic hydroxyl groups is 8. The molecule has 0 aromatic carbocycles. The van der Waals surface area contributed by atoms with E-state index < -0.39 is 149 Å². The summed E-state index contributed by atoms with van der Waals surface area (Å²) in [6.07, 6.45) is -17.0. The Morgan fingerprint density at radius 1 is 0.625 bits per heavy atom. The van der Waals surface area contributed by atoms with Crippen LogP contribution in [0.5, 0.6) is 0 Å². The lowest BCUT2D eigenvalue weighted by molar-refractivity contribution is -0.328. The average Bonchev–Trinajstić information content (AvgIpc) is 3.19. The quantitative estimate of drug-likeness (QED) is 0.0650. The average molecular weight is 805 g/mol. The molecule has 0 aromatic rings. The lowest BCUT2D eigenvalue weighted by Gasteiger charge is -2.42. The summed E-state index contributed by atoms with van der Waals surface area (Å²) >= 11 is 0. The Hall–Kier alpha value is -4.04. The number of ether oxygens (including phenoxy) is 10. The highest BCUT2D eigenvalue weighted by molar-refractivity contribution is 5.91. The van der Waals surface area contributed by atoms with E-state index in [4.69, 9.17) is 47.4 Å². The van der Waals surface area contributed by atoms with Crippen LogP contribution in [-0.2, 0) is 66.5 Å². The van der Waals surface area contributed by atoms with E-state index in [1.807, 2.05) is 0 Å². The number of cyclic esters (lactones) is 2. The van der Waals surface area contributed by atoms with Crippen LogP contribution in [0.25, 0.3) is 0 Å². The van der Waals surface area contributed by atoms with Crippen molar-refractivity contribution in [2.24, 2.45) is 11.8 Å². The molecule has 0 radical (unpaired) electrons. The summed E-state index contributed by atoms with van der Waals surface area (Å²) in [4.78, 5) is 52.6. The van der Waals surface area contributed by atoms with Gasteiger partial charge < -0.3 is 88.2 Å². The van der Waals surface area contributed by atoms with Crippen molar-refractivity contribution in [1.29, 1.82) is 0 Å². The third kappa shape index (κ3) is 9.22. The minimum Gasteiger partial charge on any atom is -0.468 e. The van der Waals surface area contributed by atoms with Gasteiger partial charge in [-0.1, -0.05) is 0 Å². The molecular weight excluding hydrogens is 760 g/mol. The van der Waals surface area contributed by atoms with E-state index in [0.29, 0.717) is 0 Å². The van der Waals surface area contributed by atoms with Crippen molar-refractivity contribution < 1.29 is 107 Å². The fourth-order valence-electron chi connectivity index (χ4n) is 6.57. The molecule has 22 heteroatoms. The molecule has 0 aliphatic carbocycles. The van der Waals surface area contributed by atoms with Gasteiger partial charge in [0.05, 0.1) is 63.9 Å². The molecule has 8 N–H and O–H groups in total. The highest BCUT2D eigenvalue weighted by Gasteiger charge is 2.49. The number of methoxy groups -OCH3 is 2. The summed E-state index contributed by atoms with van der Waals surface area (Å²) in [5.41, 5.74) is -0.473. The van der Waals surface area contributed by atoms with Crippen LogP contribution >= 0.6 is 0 Å². The van der Waals surface area contributed by atoms with Crippen LogP contribution in [0.3, 0.4) is 0 Å². The van der Waals surface area contributed by atoms with Crippen LogP contribution in [0.2, 0.25) is 0 Å². The second-order valence-electron chi connectivity index (χ2n) is 13.0. The largest absolute Gasteiger partial charge is 0.468 e. The van der Waals surface area contributed by atoms with Crippen molar-refractivity contribution in [1.82, 2.24) is 0 Å². The van der Waals surface area contributed by atoms with Gasteiger partial charge in [-0.25, -0.2) is 9.59 Å². The molecule has 2 saturated heterocycles. The van der Waals surface area contributed by atoms with Crippen LogP contribution < -0.4 is 0 Å². The Bertz CT molecular complexity index is 1450. The molecule has 56 heavy (non-hydrogen) atoms. The summed E-state index contributed by atoms with van der Waals surface area (Å²) < 4.78 is 54.3. The first-order valence-electron chi connectivity index (χ1n) is 17.2. The summed E-state index contributed by atoms with van der Waals surface area (Å²) in [6, 6.07) is 0. The van der Waals surface area contributed by atoms with Crippen molar-refractivity contribution in [2.45, 2.75) is 86.8 Å². The standard InChI is InChI=1S/C34H44O22/c1-47-29(45)17-11-51-31(55-33-27(43)25(41)23(39)19(9-35)53-33)13-3-5-50-22(38)8-16-14(4-6-49-21(37)7-15(13)17)32(52-12-18(16)30(46)48-2)56-34-28(44)26(42)24(40)20(10-36)54-34/h3-4,11-12,15-16,19-20,23-28,31-36,39-44H,5-10H2,1-2H3/t15?,16?,19-,20-,23-,24-,25+,26+,27-,28-,31?,32?,33+,34+/m1/s1. The minimum atomic E-state index is -1.87. The molecule has 4 unspecified atom stereocenters. The number of hydrogen-bond acceptors (Lipinski definition) is 22. The first-order chi connectivity index (χ1) is 26.7. The molecule has 0 amide bonds. The molecule has 5 rings (SSSR count). The van der Waals surface area contributed by atoms with E-state index in [1.54, 1.807) is 0 Å². The molecule has 14 atom stereocenters. The third-order valence-electron chi connectivity index (χ3n) is 9.66. The summed E-state index contributed by atoms with van der Waals surface area (Å²) in [5, 5.41) is 81.4. The van der Waals surface area contributed by atoms with E-state index in [-0.39, 0.29) is 22.3 Å². The van der Waals surface area contributed by atoms with Crippen molar-refractivity contribution in [2.75, 3.05) is 40.6 Å². The van der Waals surface area contributed by atoms with E-state index in [1.165, 1.54) is 12.2 Å². The maximum Gasteiger partial charge on any atom is 0.337 e. The molecule has 0 bridgehead atoms. The first-order valence-corrected chi connectivity index (χ1v) is 17.2. The fourth-order valence-corrected chi connectivity index (χ4v) is 6.57. The molecule has 0 saturated carbocycles. The Balaban J connectivity index is 1.46. The Labute approximate surface area is 317 Å². The van der Waals surface area contributed by atoms with Crippen LogP contribution in [0, 0.1) is 11.8 Å². The molecule has 2 fully saturated rings. The Morgan fingerprint density at radius 3 is 1.34 bits per heavy atom. The smallest absolute Gasteiger partial charge is 0.337 e. The SMILES string of the molecule is COC(=O)C1=COC(O[C@@H]2O[C@H](CO)[C@@H](O)[C@H](O)[C@H]2O)C2=CCOC(=O)CC3C(C(=O)OC)=COC(O[C@@H]4O[C@H](CO)[C@@H](O)[C@H](O)[C@H]4O)C3=CCOC(=O)CC12. The van der Waals surface area contributed by atoms with Crippen LogP contribution in [0.15, 0.2) is 47.0 Å². The molecular formula is C34H44O22. The van der Waals surface area contributed by atoms with Crippen LogP contribution in [0.4, 0.5) is 0 Å². The van der Waals surface area contributed by atoms with Crippen LogP contribution in [0.1, 0.15) is 12.8 Å². The monoisotopic (exact) mass is 804 g/mol. The third-order valence-corrected chi connectivity index (χ3v) is 9.66. The number of carbonyl (C=O) groups is 4.